The SMILES string of the molecule is O=C(c1nc2ncccn2n1)N1CCCC[C@H]1c1cccc(F)c1. The lowest BCUT2D eigenvalue weighted by atomic mass is 9.95. The molecule has 0 N–H and O–H groups in total. The molecule has 1 amide bonds. The van der Waals surface area contributed by atoms with Crippen molar-refractivity contribution in [3.63, 3.8) is 0 Å². The Bertz CT molecular complexity index is 860. The van der Waals surface area contributed by atoms with E-state index in [1.54, 1.807) is 29.4 Å². The first-order valence-electron chi connectivity index (χ1n) is 7.96. The van der Waals surface area contributed by atoms with Gasteiger partial charge in [-0.3, -0.25) is 4.79 Å². The van der Waals surface area contributed by atoms with E-state index in [0.717, 1.165) is 24.8 Å². The maximum atomic E-state index is 13.6. The molecule has 122 valence electrons. The van der Waals surface area contributed by atoms with Crippen LogP contribution in [0.1, 0.15) is 41.5 Å². The fourth-order valence-corrected chi connectivity index (χ4v) is 3.19. The summed E-state index contributed by atoms with van der Waals surface area (Å²) in [6.45, 7) is 0.614. The van der Waals surface area contributed by atoms with Gasteiger partial charge in [0.1, 0.15) is 5.82 Å². The number of halogens is 1. The van der Waals surface area contributed by atoms with Gasteiger partial charge in [-0.1, -0.05) is 12.1 Å². The first-order valence-corrected chi connectivity index (χ1v) is 7.96. The van der Waals surface area contributed by atoms with E-state index in [9.17, 15) is 9.18 Å². The highest BCUT2D eigenvalue weighted by molar-refractivity contribution is 5.91. The van der Waals surface area contributed by atoms with E-state index in [2.05, 4.69) is 15.1 Å². The molecule has 2 aromatic heterocycles. The highest BCUT2D eigenvalue weighted by Crippen LogP contribution is 2.32. The van der Waals surface area contributed by atoms with Crippen LogP contribution in [0.15, 0.2) is 42.7 Å². The zero-order chi connectivity index (χ0) is 16.5. The Hall–Kier alpha value is -2.83. The van der Waals surface area contributed by atoms with Crippen molar-refractivity contribution in [2.45, 2.75) is 25.3 Å². The van der Waals surface area contributed by atoms with Crippen molar-refractivity contribution in [3.8, 4) is 0 Å². The van der Waals surface area contributed by atoms with Crippen LogP contribution >= 0.6 is 0 Å². The van der Waals surface area contributed by atoms with Gasteiger partial charge in [-0.15, -0.1) is 5.10 Å². The van der Waals surface area contributed by atoms with Crippen molar-refractivity contribution in [2.75, 3.05) is 6.54 Å². The fourth-order valence-electron chi connectivity index (χ4n) is 3.19. The summed E-state index contributed by atoms with van der Waals surface area (Å²) >= 11 is 0. The molecular weight excluding hydrogens is 309 g/mol. The van der Waals surface area contributed by atoms with Gasteiger partial charge in [-0.2, -0.15) is 4.98 Å². The summed E-state index contributed by atoms with van der Waals surface area (Å²) in [4.78, 5) is 22.9. The number of nitrogens with zero attached hydrogens (tertiary/aromatic N) is 5. The van der Waals surface area contributed by atoms with Crippen LogP contribution in [0.5, 0.6) is 0 Å². The Balaban J connectivity index is 1.68. The lowest BCUT2D eigenvalue weighted by Gasteiger charge is -2.35. The highest BCUT2D eigenvalue weighted by Gasteiger charge is 2.31. The Morgan fingerprint density at radius 3 is 3.00 bits per heavy atom. The molecule has 24 heavy (non-hydrogen) atoms. The molecule has 6 nitrogen and oxygen atoms in total. The number of hydrogen-bond donors (Lipinski definition) is 0. The first-order chi connectivity index (χ1) is 11.7. The predicted octanol–water partition coefficient (Wildman–Crippen LogP) is 2.63. The number of carbonyl (C=O) groups is 1. The molecule has 3 aromatic rings. The van der Waals surface area contributed by atoms with Gasteiger partial charge >= 0.3 is 0 Å². The first kappa shape index (κ1) is 14.7. The number of likely N-dealkylation sites (tertiary alicyclic amines) is 1. The zero-order valence-electron chi connectivity index (χ0n) is 13.0. The van der Waals surface area contributed by atoms with Crippen molar-refractivity contribution in [1.82, 2.24) is 24.5 Å². The molecule has 1 aromatic carbocycles. The van der Waals surface area contributed by atoms with E-state index in [-0.39, 0.29) is 23.6 Å². The molecule has 7 heteroatoms. The molecular formula is C17H16FN5O. The van der Waals surface area contributed by atoms with Crippen LogP contribution in [0, 0.1) is 5.82 Å². The van der Waals surface area contributed by atoms with Crippen molar-refractivity contribution in [2.24, 2.45) is 0 Å². The van der Waals surface area contributed by atoms with E-state index in [4.69, 9.17) is 0 Å². The summed E-state index contributed by atoms with van der Waals surface area (Å²) in [5.74, 6) is -0.0212. The van der Waals surface area contributed by atoms with E-state index >= 15 is 0 Å². The van der Waals surface area contributed by atoms with E-state index < -0.39 is 0 Å². The van der Waals surface area contributed by atoms with E-state index in [1.165, 1.54) is 16.6 Å². The third kappa shape index (κ3) is 2.62. The van der Waals surface area contributed by atoms with Gasteiger partial charge in [0, 0.05) is 18.9 Å². The molecule has 1 fully saturated rings. The molecule has 0 spiro atoms. The number of aromatic nitrogens is 4. The largest absolute Gasteiger partial charge is 0.329 e. The number of fused-ring (bicyclic) bond motifs is 1. The maximum Gasteiger partial charge on any atom is 0.294 e. The fraction of sp³-hybridized carbons (Fsp3) is 0.294. The van der Waals surface area contributed by atoms with Crippen LogP contribution in [0.25, 0.3) is 5.78 Å². The lowest BCUT2D eigenvalue weighted by molar-refractivity contribution is 0.0598. The van der Waals surface area contributed by atoms with Crippen LogP contribution in [0.4, 0.5) is 4.39 Å². The summed E-state index contributed by atoms with van der Waals surface area (Å²) in [7, 11) is 0. The number of benzene rings is 1. The van der Waals surface area contributed by atoms with Crippen molar-refractivity contribution < 1.29 is 9.18 Å². The third-order valence-corrected chi connectivity index (χ3v) is 4.31. The monoisotopic (exact) mass is 325 g/mol. The van der Waals surface area contributed by atoms with Gasteiger partial charge in [0.05, 0.1) is 6.04 Å². The summed E-state index contributed by atoms with van der Waals surface area (Å²) < 4.78 is 15.1. The second-order valence-corrected chi connectivity index (χ2v) is 5.86. The van der Waals surface area contributed by atoms with E-state index in [1.807, 2.05) is 6.07 Å². The van der Waals surface area contributed by atoms with Crippen molar-refractivity contribution in [1.29, 1.82) is 0 Å². The number of carbonyl (C=O) groups excluding carboxylic acids is 1. The molecule has 0 bridgehead atoms. The Labute approximate surface area is 138 Å². The van der Waals surface area contributed by atoms with Gasteiger partial charge in [-0.25, -0.2) is 13.9 Å². The molecule has 0 unspecified atom stereocenters. The Morgan fingerprint density at radius 1 is 1.25 bits per heavy atom. The summed E-state index contributed by atoms with van der Waals surface area (Å²) in [6, 6.07) is 8.02. The second-order valence-electron chi connectivity index (χ2n) is 5.86. The minimum absolute atomic E-state index is 0.122. The van der Waals surface area contributed by atoms with Gasteiger partial charge in [0.2, 0.25) is 5.82 Å². The summed E-state index contributed by atoms with van der Waals surface area (Å²) in [5, 5.41) is 4.21. The lowest BCUT2D eigenvalue weighted by Crippen LogP contribution is -2.39. The van der Waals surface area contributed by atoms with Gasteiger partial charge in [-0.05, 0) is 43.0 Å². The molecule has 4 rings (SSSR count). The van der Waals surface area contributed by atoms with Crippen LogP contribution < -0.4 is 0 Å². The highest BCUT2D eigenvalue weighted by atomic mass is 19.1. The van der Waals surface area contributed by atoms with Crippen LogP contribution in [0.2, 0.25) is 0 Å². The standard InChI is InChI=1S/C17H16FN5O/c18-13-6-3-5-12(11-13)14-7-1-2-9-22(14)16(24)15-20-17-19-8-4-10-23(17)21-15/h3-6,8,10-11,14H,1-2,7,9H2/t14-/m0/s1. The summed E-state index contributed by atoms with van der Waals surface area (Å²) in [5.41, 5.74) is 0.810. The van der Waals surface area contributed by atoms with Crippen LogP contribution in [-0.2, 0) is 0 Å². The van der Waals surface area contributed by atoms with Gasteiger partial charge in [0.15, 0.2) is 0 Å². The smallest absolute Gasteiger partial charge is 0.294 e. The predicted molar refractivity (Wildman–Crippen MR) is 84.8 cm³/mol. The molecule has 1 aliphatic rings. The topological polar surface area (TPSA) is 63.4 Å². The van der Waals surface area contributed by atoms with Crippen molar-refractivity contribution in [3.05, 3.63) is 59.9 Å². The number of piperidine rings is 1. The third-order valence-electron chi connectivity index (χ3n) is 4.31. The Kier molecular flexibility index (Phi) is 3.68. The molecule has 1 saturated heterocycles. The number of amides is 1. The Morgan fingerprint density at radius 2 is 2.17 bits per heavy atom. The average Bonchev–Trinajstić information content (AvgIpc) is 3.05. The number of rotatable bonds is 2. The maximum absolute atomic E-state index is 13.6. The summed E-state index contributed by atoms with van der Waals surface area (Å²) in [6.07, 6.45) is 6.04. The van der Waals surface area contributed by atoms with Crippen LogP contribution in [-0.4, -0.2) is 36.9 Å². The molecule has 0 saturated carbocycles. The van der Waals surface area contributed by atoms with Crippen LogP contribution in [0.3, 0.4) is 0 Å². The van der Waals surface area contributed by atoms with E-state index in [0.29, 0.717) is 12.3 Å². The molecule has 3 heterocycles. The van der Waals surface area contributed by atoms with Gasteiger partial charge in [0.25, 0.3) is 11.7 Å². The molecule has 1 aliphatic heterocycles. The normalized spacial score (nSPS) is 18.0. The minimum atomic E-state index is -0.291. The minimum Gasteiger partial charge on any atom is -0.329 e. The molecule has 0 radical (unpaired) electrons. The van der Waals surface area contributed by atoms with Crippen molar-refractivity contribution >= 4 is 11.7 Å². The number of hydrogen-bond acceptors (Lipinski definition) is 4. The quantitative estimate of drug-likeness (QED) is 0.726. The average molecular weight is 325 g/mol. The van der Waals surface area contributed by atoms with Gasteiger partial charge < -0.3 is 4.90 Å². The molecule has 0 aliphatic carbocycles. The second kappa shape index (κ2) is 5.99. The molecule has 1 atom stereocenters. The zero-order valence-corrected chi connectivity index (χ0v) is 13.0.